The number of imide groups is 1. The highest BCUT2D eigenvalue weighted by Gasteiger charge is 2.34. The van der Waals surface area contributed by atoms with Crippen molar-refractivity contribution in [1.82, 2.24) is 10.2 Å². The van der Waals surface area contributed by atoms with E-state index < -0.39 is 24.3 Å². The number of carbonyl (C=O) groups excluding carboxylic acids is 3. The molecule has 140 valence electrons. The van der Waals surface area contributed by atoms with E-state index in [1.807, 2.05) is 0 Å². The van der Waals surface area contributed by atoms with Crippen LogP contribution in [0.5, 0.6) is 5.75 Å². The summed E-state index contributed by atoms with van der Waals surface area (Å²) >= 11 is 0. The lowest BCUT2D eigenvalue weighted by Gasteiger charge is -2.14. The Morgan fingerprint density at radius 1 is 1.00 bits per heavy atom. The molecule has 1 aliphatic heterocycles. The van der Waals surface area contributed by atoms with Crippen LogP contribution in [0.1, 0.15) is 32.7 Å². The lowest BCUT2D eigenvalue weighted by Crippen LogP contribution is -2.34. The molecule has 0 aromatic heterocycles. The van der Waals surface area contributed by atoms with Crippen LogP contribution in [0.15, 0.2) is 48.5 Å². The SMILES string of the molecule is O=C(CCN1C(=O)c2ccccc2C1=O)NCc1ccccc1OC(F)F. The summed E-state index contributed by atoms with van der Waals surface area (Å²) in [6, 6.07) is 12.6. The molecule has 0 fully saturated rings. The van der Waals surface area contributed by atoms with E-state index in [0.29, 0.717) is 16.7 Å². The average molecular weight is 374 g/mol. The molecule has 0 unspecified atom stereocenters. The minimum atomic E-state index is -2.96. The van der Waals surface area contributed by atoms with Crippen LogP contribution in [-0.4, -0.2) is 35.8 Å². The summed E-state index contributed by atoms with van der Waals surface area (Å²) in [5.41, 5.74) is 1.04. The van der Waals surface area contributed by atoms with Gasteiger partial charge >= 0.3 is 6.61 Å². The van der Waals surface area contributed by atoms with Crippen LogP contribution in [0, 0.1) is 0 Å². The minimum absolute atomic E-state index is 0.0101. The molecule has 3 amide bonds. The molecule has 3 rings (SSSR count). The first-order valence-corrected chi connectivity index (χ1v) is 8.22. The number of benzene rings is 2. The fourth-order valence-corrected chi connectivity index (χ4v) is 2.80. The lowest BCUT2D eigenvalue weighted by molar-refractivity contribution is -0.121. The van der Waals surface area contributed by atoms with Gasteiger partial charge in [-0.25, -0.2) is 0 Å². The first kappa shape index (κ1) is 18.5. The monoisotopic (exact) mass is 374 g/mol. The molecule has 2 aromatic carbocycles. The standard InChI is InChI=1S/C19H16F2N2O4/c20-19(21)27-15-8-4-1-5-12(15)11-22-16(24)9-10-23-17(25)13-6-2-3-7-14(13)18(23)26/h1-8,19H,9-11H2,(H,22,24). The number of ether oxygens (including phenoxy) is 1. The van der Waals surface area contributed by atoms with E-state index in [9.17, 15) is 23.2 Å². The Morgan fingerprint density at radius 2 is 1.59 bits per heavy atom. The van der Waals surface area contributed by atoms with E-state index in [4.69, 9.17) is 0 Å². The summed E-state index contributed by atoms with van der Waals surface area (Å²) in [6.07, 6.45) is -0.0939. The Bertz CT molecular complexity index is 851. The zero-order valence-corrected chi connectivity index (χ0v) is 14.2. The molecule has 0 spiro atoms. The van der Waals surface area contributed by atoms with Crippen LogP contribution in [0.4, 0.5) is 8.78 Å². The molecular formula is C19H16F2N2O4. The molecule has 0 atom stereocenters. The number of nitrogens with zero attached hydrogens (tertiary/aromatic N) is 1. The van der Waals surface area contributed by atoms with Crippen molar-refractivity contribution in [2.75, 3.05) is 6.54 Å². The number of rotatable bonds is 7. The van der Waals surface area contributed by atoms with E-state index in [2.05, 4.69) is 10.1 Å². The van der Waals surface area contributed by atoms with Gasteiger partial charge in [0.05, 0.1) is 11.1 Å². The minimum Gasteiger partial charge on any atom is -0.434 e. The summed E-state index contributed by atoms with van der Waals surface area (Å²) < 4.78 is 29.2. The van der Waals surface area contributed by atoms with Gasteiger partial charge in [-0.1, -0.05) is 30.3 Å². The predicted octanol–water partition coefficient (Wildman–Crippen LogP) is 2.59. The van der Waals surface area contributed by atoms with E-state index in [1.165, 1.54) is 6.07 Å². The van der Waals surface area contributed by atoms with Crippen LogP contribution in [-0.2, 0) is 11.3 Å². The fourth-order valence-electron chi connectivity index (χ4n) is 2.80. The molecule has 2 aromatic rings. The fraction of sp³-hybridized carbons (Fsp3) is 0.211. The summed E-state index contributed by atoms with van der Waals surface area (Å²) in [7, 11) is 0. The Labute approximate surface area is 153 Å². The van der Waals surface area contributed by atoms with Gasteiger partial charge in [0, 0.05) is 25.1 Å². The average Bonchev–Trinajstić information content (AvgIpc) is 2.90. The van der Waals surface area contributed by atoms with Crippen molar-refractivity contribution in [2.24, 2.45) is 0 Å². The highest BCUT2D eigenvalue weighted by Crippen LogP contribution is 2.23. The summed E-state index contributed by atoms with van der Waals surface area (Å²) in [4.78, 5) is 37.5. The number of halogens is 2. The van der Waals surface area contributed by atoms with Crippen molar-refractivity contribution in [3.63, 3.8) is 0 Å². The third-order valence-electron chi connectivity index (χ3n) is 4.11. The molecule has 0 saturated heterocycles. The normalized spacial score (nSPS) is 13.1. The van der Waals surface area contributed by atoms with Crippen LogP contribution in [0.2, 0.25) is 0 Å². The zero-order valence-electron chi connectivity index (χ0n) is 14.2. The second-order valence-electron chi connectivity index (χ2n) is 5.82. The van der Waals surface area contributed by atoms with Gasteiger partial charge < -0.3 is 10.1 Å². The first-order valence-electron chi connectivity index (χ1n) is 8.22. The molecule has 0 radical (unpaired) electrons. The van der Waals surface area contributed by atoms with Crippen molar-refractivity contribution >= 4 is 17.7 Å². The van der Waals surface area contributed by atoms with E-state index in [0.717, 1.165) is 4.90 Å². The maximum Gasteiger partial charge on any atom is 0.387 e. The summed E-state index contributed by atoms with van der Waals surface area (Å²) in [5, 5.41) is 2.57. The molecule has 1 N–H and O–H groups in total. The number of para-hydroxylation sites is 1. The molecule has 6 nitrogen and oxygen atoms in total. The summed E-state index contributed by atoms with van der Waals surface area (Å²) in [5.74, 6) is -1.30. The second-order valence-corrected chi connectivity index (χ2v) is 5.82. The van der Waals surface area contributed by atoms with Gasteiger partial charge in [-0.3, -0.25) is 19.3 Å². The maximum absolute atomic E-state index is 12.4. The molecule has 0 bridgehead atoms. The van der Waals surface area contributed by atoms with Crippen molar-refractivity contribution < 1.29 is 27.9 Å². The largest absolute Gasteiger partial charge is 0.434 e. The molecule has 1 heterocycles. The van der Waals surface area contributed by atoms with Gasteiger partial charge in [0.1, 0.15) is 5.75 Å². The Kier molecular flexibility index (Phi) is 5.44. The van der Waals surface area contributed by atoms with Gasteiger partial charge in [0.25, 0.3) is 11.8 Å². The number of alkyl halides is 2. The molecule has 8 heteroatoms. The first-order chi connectivity index (χ1) is 13.0. The van der Waals surface area contributed by atoms with Crippen LogP contribution in [0.3, 0.4) is 0 Å². The number of fused-ring (bicyclic) bond motifs is 1. The second kappa shape index (κ2) is 7.94. The van der Waals surface area contributed by atoms with Crippen molar-refractivity contribution in [3.05, 3.63) is 65.2 Å². The number of hydrogen-bond donors (Lipinski definition) is 1. The maximum atomic E-state index is 12.4. The van der Waals surface area contributed by atoms with E-state index in [1.54, 1.807) is 42.5 Å². The smallest absolute Gasteiger partial charge is 0.387 e. The van der Waals surface area contributed by atoms with Crippen LogP contribution < -0.4 is 10.1 Å². The van der Waals surface area contributed by atoms with Gasteiger partial charge in [-0.05, 0) is 18.2 Å². The van der Waals surface area contributed by atoms with Crippen molar-refractivity contribution in [2.45, 2.75) is 19.6 Å². The molecule has 0 saturated carbocycles. The Hall–Kier alpha value is -3.29. The van der Waals surface area contributed by atoms with Gasteiger partial charge in [0.15, 0.2) is 0 Å². The third-order valence-corrected chi connectivity index (χ3v) is 4.11. The molecular weight excluding hydrogens is 358 g/mol. The molecule has 0 aliphatic carbocycles. The van der Waals surface area contributed by atoms with Gasteiger partial charge in [-0.2, -0.15) is 8.78 Å². The highest BCUT2D eigenvalue weighted by atomic mass is 19.3. The van der Waals surface area contributed by atoms with Gasteiger partial charge in [0.2, 0.25) is 5.91 Å². The predicted molar refractivity (Wildman–Crippen MR) is 91.3 cm³/mol. The van der Waals surface area contributed by atoms with Crippen LogP contribution in [0.25, 0.3) is 0 Å². The van der Waals surface area contributed by atoms with E-state index in [-0.39, 0.29) is 25.3 Å². The number of amides is 3. The number of carbonyl (C=O) groups is 3. The zero-order chi connectivity index (χ0) is 19.4. The summed E-state index contributed by atoms with van der Waals surface area (Å²) in [6.45, 7) is -3.03. The topological polar surface area (TPSA) is 75.7 Å². The highest BCUT2D eigenvalue weighted by molar-refractivity contribution is 6.21. The number of hydrogen-bond acceptors (Lipinski definition) is 4. The quantitative estimate of drug-likeness (QED) is 0.756. The Morgan fingerprint density at radius 3 is 2.22 bits per heavy atom. The van der Waals surface area contributed by atoms with E-state index >= 15 is 0 Å². The third kappa shape index (κ3) is 4.11. The lowest BCUT2D eigenvalue weighted by atomic mass is 10.1. The molecule has 27 heavy (non-hydrogen) atoms. The molecule has 1 aliphatic rings. The Balaban J connectivity index is 1.54. The van der Waals surface area contributed by atoms with Gasteiger partial charge in [-0.15, -0.1) is 0 Å². The van der Waals surface area contributed by atoms with Crippen molar-refractivity contribution in [1.29, 1.82) is 0 Å². The number of nitrogens with one attached hydrogen (secondary N) is 1. The van der Waals surface area contributed by atoms with Crippen LogP contribution >= 0.6 is 0 Å². The van der Waals surface area contributed by atoms with Crippen molar-refractivity contribution in [3.8, 4) is 5.75 Å².